The number of fused-ring (bicyclic) bond motifs is 1. The Bertz CT molecular complexity index is 299. The third-order valence-electron chi connectivity index (χ3n) is 1.09. The largest absolute Gasteiger partial charge is 0.481 e. The van der Waals surface area contributed by atoms with Crippen LogP contribution in [0.2, 0.25) is 0 Å². The van der Waals surface area contributed by atoms with Gasteiger partial charge in [0.15, 0.2) is 0 Å². The van der Waals surface area contributed by atoms with E-state index in [2.05, 4.69) is 9.40 Å². The predicted octanol–water partition coefficient (Wildman–Crippen LogP) is 0.709. The second-order valence-electron chi connectivity index (χ2n) is 1.81. The van der Waals surface area contributed by atoms with E-state index in [9.17, 15) is 0 Å². The lowest BCUT2D eigenvalue weighted by Gasteiger charge is -1.75. The molecule has 52 valence electrons. The molecule has 0 saturated carbocycles. The molecule has 0 aliphatic carbocycles. The predicted molar refractivity (Wildman–Crippen MR) is 32.4 cm³/mol. The molecule has 0 bridgehead atoms. The summed E-state index contributed by atoms with van der Waals surface area (Å²) >= 11 is 0. The summed E-state index contributed by atoms with van der Waals surface area (Å²) < 4.78 is 9.46. The monoisotopic (exact) mass is 140 g/mol. The number of aromatic nitrogens is 1. The molecule has 0 saturated heterocycles. The first-order chi connectivity index (χ1) is 4.75. The zero-order valence-corrected chi connectivity index (χ0v) is 4.87. The van der Waals surface area contributed by atoms with E-state index in [0.717, 1.165) is 0 Å². The Kier molecular flexibility index (Phi) is 0.743. The maximum atomic E-state index is 8.73. The highest BCUT2D eigenvalue weighted by Crippen LogP contribution is 2.24. The smallest absolute Gasteiger partial charge is 0.295 e. The molecule has 10 heavy (non-hydrogen) atoms. The van der Waals surface area contributed by atoms with Gasteiger partial charge in [-0.2, -0.15) is 4.98 Å². The number of furan rings is 1. The van der Waals surface area contributed by atoms with Crippen LogP contribution >= 0.6 is 0 Å². The zero-order chi connectivity index (χ0) is 7.14. The molecular weight excluding hydrogens is 136 g/mol. The van der Waals surface area contributed by atoms with Crippen LogP contribution in [0.1, 0.15) is 0 Å². The lowest BCUT2D eigenvalue weighted by Crippen LogP contribution is -1.80. The molecule has 0 aliphatic rings. The van der Waals surface area contributed by atoms with Gasteiger partial charge in [0.2, 0.25) is 5.58 Å². The fourth-order valence-corrected chi connectivity index (χ4v) is 0.739. The van der Waals surface area contributed by atoms with Gasteiger partial charge in [0, 0.05) is 0 Å². The zero-order valence-electron chi connectivity index (χ0n) is 4.87. The van der Waals surface area contributed by atoms with Gasteiger partial charge in [-0.25, -0.2) is 0 Å². The van der Waals surface area contributed by atoms with E-state index in [-0.39, 0.29) is 17.7 Å². The highest BCUT2D eigenvalue weighted by molar-refractivity contribution is 5.69. The molecule has 5 nitrogen and oxygen atoms in total. The van der Waals surface area contributed by atoms with Gasteiger partial charge >= 0.3 is 0 Å². The van der Waals surface area contributed by atoms with Gasteiger partial charge in [-0.05, 0) is 0 Å². The standard InChI is InChI=1S/C5H4N2O3/c6-5-7-4-2(9-5)1-3(8)10-4/h1,8H,(H2,6,7). The van der Waals surface area contributed by atoms with E-state index < -0.39 is 0 Å². The van der Waals surface area contributed by atoms with Gasteiger partial charge < -0.3 is 19.7 Å². The first-order valence-electron chi connectivity index (χ1n) is 2.60. The van der Waals surface area contributed by atoms with Crippen LogP contribution in [0, 0.1) is 0 Å². The number of hydrogen-bond acceptors (Lipinski definition) is 5. The van der Waals surface area contributed by atoms with Gasteiger partial charge in [0.1, 0.15) is 0 Å². The van der Waals surface area contributed by atoms with Gasteiger partial charge in [-0.15, -0.1) is 0 Å². The topological polar surface area (TPSA) is 85.4 Å². The third kappa shape index (κ3) is 0.540. The number of aromatic hydroxyl groups is 1. The molecule has 2 heterocycles. The summed E-state index contributed by atoms with van der Waals surface area (Å²) in [5, 5.41) is 8.73. The van der Waals surface area contributed by atoms with Crippen LogP contribution in [0.5, 0.6) is 5.95 Å². The summed E-state index contributed by atoms with van der Waals surface area (Å²) in [5.74, 6) is -0.221. The van der Waals surface area contributed by atoms with Crippen molar-refractivity contribution in [2.75, 3.05) is 5.73 Å². The minimum atomic E-state index is -0.221. The highest BCUT2D eigenvalue weighted by atomic mass is 16.5. The molecule has 0 aromatic carbocycles. The molecule has 0 amide bonds. The summed E-state index contributed by atoms with van der Waals surface area (Å²) in [5.41, 5.74) is 5.74. The van der Waals surface area contributed by atoms with Crippen molar-refractivity contribution in [1.29, 1.82) is 0 Å². The highest BCUT2D eigenvalue weighted by Gasteiger charge is 2.08. The molecule has 3 N–H and O–H groups in total. The van der Waals surface area contributed by atoms with Crippen LogP contribution in [0.4, 0.5) is 6.01 Å². The lowest BCUT2D eigenvalue weighted by atomic mass is 10.6. The van der Waals surface area contributed by atoms with Crippen LogP contribution in [0.15, 0.2) is 14.9 Å². The maximum Gasteiger partial charge on any atom is 0.295 e. The molecule has 0 radical (unpaired) electrons. The second kappa shape index (κ2) is 1.44. The van der Waals surface area contributed by atoms with Gasteiger partial charge in [0.25, 0.3) is 17.7 Å². The number of hydrogen-bond donors (Lipinski definition) is 2. The Morgan fingerprint density at radius 3 is 3.00 bits per heavy atom. The average molecular weight is 140 g/mol. The summed E-state index contributed by atoms with van der Waals surface area (Å²) in [7, 11) is 0. The summed E-state index contributed by atoms with van der Waals surface area (Å²) in [6.45, 7) is 0. The Morgan fingerprint density at radius 1 is 1.50 bits per heavy atom. The molecule has 0 atom stereocenters. The van der Waals surface area contributed by atoms with Crippen molar-refractivity contribution in [2.45, 2.75) is 0 Å². The van der Waals surface area contributed by atoms with Crippen molar-refractivity contribution in [3.05, 3.63) is 6.07 Å². The summed E-state index contributed by atoms with van der Waals surface area (Å²) in [6.07, 6.45) is 0. The quantitative estimate of drug-likeness (QED) is 0.562. The maximum absolute atomic E-state index is 8.73. The summed E-state index contributed by atoms with van der Waals surface area (Å²) in [6, 6.07) is 1.34. The molecule has 0 fully saturated rings. The lowest BCUT2D eigenvalue weighted by molar-refractivity contribution is 0.344. The molecule has 2 aromatic heterocycles. The Hall–Kier alpha value is -1.65. The van der Waals surface area contributed by atoms with E-state index in [0.29, 0.717) is 5.58 Å². The number of nitrogens with two attached hydrogens (primary N) is 1. The number of nitrogens with zero attached hydrogens (tertiary/aromatic N) is 1. The minimum absolute atomic E-state index is 0.0359. The van der Waals surface area contributed by atoms with Crippen molar-refractivity contribution in [2.24, 2.45) is 0 Å². The third-order valence-corrected chi connectivity index (χ3v) is 1.09. The van der Waals surface area contributed by atoms with Crippen molar-refractivity contribution in [3.8, 4) is 5.95 Å². The van der Waals surface area contributed by atoms with Crippen LogP contribution in [-0.2, 0) is 0 Å². The number of rotatable bonds is 0. The number of nitrogen functional groups attached to an aromatic ring is 1. The Morgan fingerprint density at radius 2 is 2.30 bits per heavy atom. The summed E-state index contributed by atoms with van der Waals surface area (Å²) in [4.78, 5) is 3.62. The Labute approximate surface area is 55.1 Å². The van der Waals surface area contributed by atoms with Gasteiger partial charge in [0.05, 0.1) is 6.07 Å². The fraction of sp³-hybridized carbons (Fsp3) is 0. The molecule has 2 rings (SSSR count). The molecular formula is C5H4N2O3. The van der Waals surface area contributed by atoms with Crippen molar-refractivity contribution in [1.82, 2.24) is 4.98 Å². The SMILES string of the molecule is Nc1nc2oc(O)cc2o1. The van der Waals surface area contributed by atoms with Crippen molar-refractivity contribution in [3.63, 3.8) is 0 Å². The van der Waals surface area contributed by atoms with Crippen LogP contribution in [0.25, 0.3) is 11.3 Å². The minimum Gasteiger partial charge on any atom is -0.481 e. The first kappa shape index (κ1) is 5.16. The number of oxazole rings is 1. The van der Waals surface area contributed by atoms with Gasteiger partial charge in [-0.3, -0.25) is 0 Å². The van der Waals surface area contributed by atoms with E-state index in [1.165, 1.54) is 6.07 Å². The van der Waals surface area contributed by atoms with Crippen LogP contribution < -0.4 is 5.73 Å². The molecule has 0 spiro atoms. The average Bonchev–Trinajstić information content (AvgIpc) is 2.21. The molecule has 0 aliphatic heterocycles. The van der Waals surface area contributed by atoms with E-state index in [4.69, 9.17) is 15.3 Å². The molecule has 0 unspecified atom stereocenters. The van der Waals surface area contributed by atoms with E-state index >= 15 is 0 Å². The molecule has 5 heteroatoms. The number of anilines is 1. The van der Waals surface area contributed by atoms with Crippen LogP contribution in [-0.4, -0.2) is 10.1 Å². The van der Waals surface area contributed by atoms with Crippen molar-refractivity contribution >= 4 is 17.3 Å². The molecule has 2 aromatic rings. The van der Waals surface area contributed by atoms with Gasteiger partial charge in [-0.1, -0.05) is 0 Å². The van der Waals surface area contributed by atoms with Crippen molar-refractivity contribution < 1.29 is 13.9 Å². The second-order valence-corrected chi connectivity index (χ2v) is 1.81. The van der Waals surface area contributed by atoms with E-state index in [1.54, 1.807) is 0 Å². The fourth-order valence-electron chi connectivity index (χ4n) is 0.739. The van der Waals surface area contributed by atoms with E-state index in [1.807, 2.05) is 0 Å². The Balaban J connectivity index is 2.83. The normalized spacial score (nSPS) is 10.8. The first-order valence-corrected chi connectivity index (χ1v) is 2.60. The van der Waals surface area contributed by atoms with Crippen LogP contribution in [0.3, 0.4) is 0 Å².